The molecule has 3 aromatic carbocycles. The Morgan fingerprint density at radius 2 is 1.58 bits per heavy atom. The van der Waals surface area contributed by atoms with E-state index in [9.17, 15) is 21.6 Å². The Labute approximate surface area is 232 Å². The Morgan fingerprint density at radius 1 is 0.921 bits per heavy atom. The van der Waals surface area contributed by atoms with E-state index in [-0.39, 0.29) is 35.2 Å². The van der Waals surface area contributed by atoms with Gasteiger partial charge in [-0.2, -0.15) is 0 Å². The van der Waals surface area contributed by atoms with Gasteiger partial charge in [0, 0.05) is 23.7 Å². The van der Waals surface area contributed by atoms with E-state index in [1.54, 1.807) is 24.3 Å². The van der Waals surface area contributed by atoms with Gasteiger partial charge in [0.2, 0.25) is 15.9 Å². The number of hydrogen-bond acceptors (Lipinski definition) is 6. The zero-order chi connectivity index (χ0) is 28.1. The molecule has 9 nitrogen and oxygen atoms in total. The topological polar surface area (TPSA) is 122 Å². The van der Waals surface area contributed by atoms with Crippen molar-refractivity contribution in [3.8, 4) is 5.75 Å². The highest BCUT2D eigenvalue weighted by Gasteiger charge is 2.19. The highest BCUT2D eigenvalue weighted by molar-refractivity contribution is 7.92. The first-order chi connectivity index (χ1) is 17.8. The number of carbonyl (C=O) groups excluding carboxylic acids is 1. The molecule has 0 aromatic heterocycles. The summed E-state index contributed by atoms with van der Waals surface area (Å²) in [5.41, 5.74) is 1.91. The van der Waals surface area contributed by atoms with E-state index in [1.807, 2.05) is 6.92 Å². The van der Waals surface area contributed by atoms with E-state index >= 15 is 0 Å². The quantitative estimate of drug-likeness (QED) is 0.308. The van der Waals surface area contributed by atoms with Crippen LogP contribution in [0.15, 0.2) is 65.6 Å². The van der Waals surface area contributed by atoms with Gasteiger partial charge in [-0.05, 0) is 73.5 Å². The molecule has 0 spiro atoms. The summed E-state index contributed by atoms with van der Waals surface area (Å²) in [6.07, 6.45) is 1.34. The fourth-order valence-electron chi connectivity index (χ4n) is 3.49. The van der Waals surface area contributed by atoms with E-state index < -0.39 is 20.0 Å². The minimum Gasteiger partial charge on any atom is -0.495 e. The van der Waals surface area contributed by atoms with Crippen molar-refractivity contribution in [3.05, 3.63) is 76.3 Å². The zero-order valence-corrected chi connectivity index (χ0v) is 24.0. The number of halogens is 2. The smallest absolute Gasteiger partial charge is 0.261 e. The van der Waals surface area contributed by atoms with Crippen LogP contribution >= 0.6 is 23.2 Å². The first kappa shape index (κ1) is 29.6. The van der Waals surface area contributed by atoms with Crippen LogP contribution in [0.4, 0.5) is 17.1 Å². The van der Waals surface area contributed by atoms with Crippen LogP contribution < -0.4 is 19.1 Å². The molecule has 0 aliphatic rings. The number of rotatable bonds is 11. The second-order valence-corrected chi connectivity index (χ2v) is 12.8. The normalized spacial score (nSPS) is 11.6. The number of benzene rings is 3. The molecule has 1 amide bonds. The molecular formula is C25H27Cl2N3O6S2. The van der Waals surface area contributed by atoms with Crippen molar-refractivity contribution in [2.45, 2.75) is 24.7 Å². The van der Waals surface area contributed by atoms with Gasteiger partial charge < -0.3 is 10.1 Å². The third-order valence-corrected chi connectivity index (χ3v) is 8.75. The van der Waals surface area contributed by atoms with E-state index in [2.05, 4.69) is 10.0 Å². The summed E-state index contributed by atoms with van der Waals surface area (Å²) in [6, 6.07) is 15.1. The third kappa shape index (κ3) is 7.76. The SMILES string of the molecule is COc1ccc(N(CCCC(=O)Nc2ccc(S(=O)(=O)Nc3ccc(C)c(Cl)c3)cc2)S(C)(=O)=O)cc1Cl. The Kier molecular flexibility index (Phi) is 9.53. The van der Waals surface area contributed by atoms with Gasteiger partial charge in [-0.1, -0.05) is 29.3 Å². The largest absolute Gasteiger partial charge is 0.495 e. The minimum atomic E-state index is -3.86. The third-order valence-electron chi connectivity index (χ3n) is 5.46. The van der Waals surface area contributed by atoms with Crippen molar-refractivity contribution in [1.29, 1.82) is 0 Å². The molecule has 0 aliphatic heterocycles. The molecule has 2 N–H and O–H groups in total. The lowest BCUT2D eigenvalue weighted by Crippen LogP contribution is -2.31. The van der Waals surface area contributed by atoms with Crippen LogP contribution in [0, 0.1) is 6.92 Å². The predicted octanol–water partition coefficient (Wildman–Crippen LogP) is 5.30. The average Bonchev–Trinajstić information content (AvgIpc) is 2.83. The van der Waals surface area contributed by atoms with Crippen molar-refractivity contribution >= 4 is 66.2 Å². The summed E-state index contributed by atoms with van der Waals surface area (Å²) in [7, 11) is -6.03. The van der Waals surface area contributed by atoms with Crippen LogP contribution in [0.1, 0.15) is 18.4 Å². The van der Waals surface area contributed by atoms with Crippen LogP contribution in [0.25, 0.3) is 0 Å². The summed E-state index contributed by atoms with van der Waals surface area (Å²) in [5.74, 6) is 0.0617. The summed E-state index contributed by atoms with van der Waals surface area (Å²) >= 11 is 12.2. The predicted molar refractivity (Wildman–Crippen MR) is 151 cm³/mol. The van der Waals surface area contributed by atoms with Crippen LogP contribution in [-0.2, 0) is 24.8 Å². The minimum absolute atomic E-state index is 0.00847. The fourth-order valence-corrected chi connectivity index (χ4v) is 5.93. The molecule has 0 fully saturated rings. The maximum Gasteiger partial charge on any atom is 0.261 e. The zero-order valence-electron chi connectivity index (χ0n) is 20.9. The van der Waals surface area contributed by atoms with E-state index in [1.165, 1.54) is 47.8 Å². The number of hydrogen-bond donors (Lipinski definition) is 2. The first-order valence-corrected chi connectivity index (χ1v) is 15.4. The number of aryl methyl sites for hydroxylation is 1. The maximum absolute atomic E-state index is 12.7. The van der Waals surface area contributed by atoms with Gasteiger partial charge in [0.1, 0.15) is 5.75 Å². The van der Waals surface area contributed by atoms with E-state index in [0.29, 0.717) is 27.8 Å². The number of nitrogens with one attached hydrogen (secondary N) is 2. The van der Waals surface area contributed by atoms with E-state index in [0.717, 1.165) is 11.8 Å². The highest BCUT2D eigenvalue weighted by atomic mass is 35.5. The molecule has 0 radical (unpaired) electrons. The molecule has 38 heavy (non-hydrogen) atoms. The van der Waals surface area contributed by atoms with Gasteiger partial charge >= 0.3 is 0 Å². The monoisotopic (exact) mass is 599 g/mol. The van der Waals surface area contributed by atoms with Gasteiger partial charge in [0.15, 0.2) is 0 Å². The van der Waals surface area contributed by atoms with Crippen molar-refractivity contribution in [3.63, 3.8) is 0 Å². The van der Waals surface area contributed by atoms with Crippen molar-refractivity contribution in [1.82, 2.24) is 0 Å². The lowest BCUT2D eigenvalue weighted by molar-refractivity contribution is -0.116. The molecule has 0 atom stereocenters. The second-order valence-electron chi connectivity index (χ2n) is 8.40. The highest BCUT2D eigenvalue weighted by Crippen LogP contribution is 2.30. The first-order valence-electron chi connectivity index (χ1n) is 11.3. The van der Waals surface area contributed by atoms with Crippen molar-refractivity contribution in [2.75, 3.05) is 34.3 Å². The standard InChI is InChI=1S/C25H27Cl2N3O6S2/c1-17-6-7-19(15-22(17)26)29-38(34,35)21-11-8-18(9-12-21)28-25(31)5-4-14-30(37(3,32)33)20-10-13-24(36-2)23(27)16-20/h6-13,15-16,29H,4-5,14H2,1-3H3,(H,28,31). The Hall–Kier alpha value is -2.99. The molecule has 204 valence electrons. The van der Waals surface area contributed by atoms with E-state index in [4.69, 9.17) is 27.9 Å². The fraction of sp³-hybridized carbons (Fsp3) is 0.240. The number of anilines is 3. The van der Waals surface area contributed by atoms with Gasteiger partial charge in [-0.15, -0.1) is 0 Å². The summed E-state index contributed by atoms with van der Waals surface area (Å²) < 4.78 is 58.7. The molecule has 13 heteroatoms. The van der Waals surface area contributed by atoms with Crippen LogP contribution in [0.3, 0.4) is 0 Å². The molecule has 3 rings (SSSR count). The number of nitrogens with zero attached hydrogens (tertiary/aromatic N) is 1. The second kappa shape index (κ2) is 12.2. The van der Waals surface area contributed by atoms with Gasteiger partial charge in [0.05, 0.1) is 34.7 Å². The Balaban J connectivity index is 1.59. The molecule has 0 unspecified atom stereocenters. The Bertz CT molecular complexity index is 1530. The molecule has 0 saturated heterocycles. The van der Waals surface area contributed by atoms with Crippen LogP contribution in [0.2, 0.25) is 10.0 Å². The number of methoxy groups -OCH3 is 1. The number of amides is 1. The molecule has 0 saturated carbocycles. The van der Waals surface area contributed by atoms with Gasteiger partial charge in [-0.3, -0.25) is 13.8 Å². The maximum atomic E-state index is 12.7. The Morgan fingerprint density at radius 3 is 2.16 bits per heavy atom. The van der Waals surface area contributed by atoms with Gasteiger partial charge in [0.25, 0.3) is 10.0 Å². The molecule has 0 aliphatic carbocycles. The van der Waals surface area contributed by atoms with Crippen molar-refractivity contribution in [2.24, 2.45) is 0 Å². The lowest BCUT2D eigenvalue weighted by Gasteiger charge is -2.23. The number of carbonyl (C=O) groups is 1. The molecule has 0 heterocycles. The molecule has 0 bridgehead atoms. The number of sulfonamides is 2. The summed E-state index contributed by atoms with van der Waals surface area (Å²) in [5, 5.41) is 3.39. The van der Waals surface area contributed by atoms with Crippen LogP contribution in [-0.4, -0.2) is 42.7 Å². The molecule has 3 aromatic rings. The molecular weight excluding hydrogens is 573 g/mol. The summed E-state index contributed by atoms with van der Waals surface area (Å²) in [6.45, 7) is 1.87. The lowest BCUT2D eigenvalue weighted by atomic mass is 10.2. The summed E-state index contributed by atoms with van der Waals surface area (Å²) in [4.78, 5) is 12.4. The van der Waals surface area contributed by atoms with Crippen molar-refractivity contribution < 1.29 is 26.4 Å². The van der Waals surface area contributed by atoms with Crippen LogP contribution in [0.5, 0.6) is 5.75 Å². The number of ether oxygens (including phenoxy) is 1. The average molecular weight is 601 g/mol. The van der Waals surface area contributed by atoms with Gasteiger partial charge in [-0.25, -0.2) is 16.8 Å².